The first kappa shape index (κ1) is 9.68. The fourth-order valence-corrected chi connectivity index (χ4v) is 1.52. The lowest BCUT2D eigenvalue weighted by atomic mass is 9.93. The molecule has 3 nitrogen and oxygen atoms in total. The molecule has 1 rings (SSSR count). The SMILES string of the molecule is COC1(C)CCN(CC=O)CC1. The summed E-state index contributed by atoms with van der Waals surface area (Å²) in [6.07, 6.45) is 3.02. The van der Waals surface area contributed by atoms with Crippen molar-refractivity contribution in [2.75, 3.05) is 26.7 Å². The maximum absolute atomic E-state index is 10.2. The highest BCUT2D eigenvalue weighted by molar-refractivity contribution is 5.51. The summed E-state index contributed by atoms with van der Waals surface area (Å²) >= 11 is 0. The molecule has 1 saturated heterocycles. The van der Waals surface area contributed by atoms with E-state index in [1.165, 1.54) is 0 Å². The molecular formula is C9H17NO2. The third-order valence-corrected chi connectivity index (χ3v) is 2.74. The molecule has 0 N–H and O–H groups in total. The van der Waals surface area contributed by atoms with Crippen LogP contribution in [0.1, 0.15) is 19.8 Å². The number of rotatable bonds is 3. The highest BCUT2D eigenvalue weighted by Crippen LogP contribution is 2.24. The number of carbonyl (C=O) groups excluding carboxylic acids is 1. The lowest BCUT2D eigenvalue weighted by Gasteiger charge is -2.37. The summed E-state index contributed by atoms with van der Waals surface area (Å²) < 4.78 is 5.39. The summed E-state index contributed by atoms with van der Waals surface area (Å²) in [5.41, 5.74) is 0.0411. The maximum atomic E-state index is 10.2. The number of methoxy groups -OCH3 is 1. The number of hydrogen-bond donors (Lipinski definition) is 0. The first-order valence-corrected chi connectivity index (χ1v) is 4.41. The van der Waals surface area contributed by atoms with Crippen molar-refractivity contribution in [3.63, 3.8) is 0 Å². The van der Waals surface area contributed by atoms with Crippen LogP contribution in [0.15, 0.2) is 0 Å². The molecule has 0 aromatic rings. The second-order valence-electron chi connectivity index (χ2n) is 3.62. The second kappa shape index (κ2) is 4.01. The molecular weight excluding hydrogens is 154 g/mol. The minimum absolute atomic E-state index is 0.0411. The van der Waals surface area contributed by atoms with Crippen LogP contribution in [-0.4, -0.2) is 43.5 Å². The van der Waals surface area contributed by atoms with Gasteiger partial charge in [0.25, 0.3) is 0 Å². The standard InChI is InChI=1S/C9H17NO2/c1-9(12-2)3-5-10(6-4-9)7-8-11/h8H,3-7H2,1-2H3. The molecule has 0 saturated carbocycles. The topological polar surface area (TPSA) is 29.5 Å². The van der Waals surface area contributed by atoms with Gasteiger partial charge in [-0.2, -0.15) is 0 Å². The Bertz CT molecular complexity index is 151. The predicted molar refractivity (Wildman–Crippen MR) is 47.2 cm³/mol. The zero-order chi connectivity index (χ0) is 9.03. The Morgan fingerprint density at radius 2 is 2.08 bits per heavy atom. The summed E-state index contributed by atoms with van der Waals surface area (Å²) in [5.74, 6) is 0. The third-order valence-electron chi connectivity index (χ3n) is 2.74. The van der Waals surface area contributed by atoms with Crippen molar-refractivity contribution in [2.45, 2.75) is 25.4 Å². The molecule has 0 aliphatic carbocycles. The van der Waals surface area contributed by atoms with Crippen molar-refractivity contribution in [2.24, 2.45) is 0 Å². The molecule has 3 heteroatoms. The first-order valence-electron chi connectivity index (χ1n) is 4.41. The van der Waals surface area contributed by atoms with Gasteiger partial charge in [-0.1, -0.05) is 0 Å². The van der Waals surface area contributed by atoms with Gasteiger partial charge in [-0.15, -0.1) is 0 Å². The molecule has 0 atom stereocenters. The van der Waals surface area contributed by atoms with E-state index >= 15 is 0 Å². The number of hydrogen-bond acceptors (Lipinski definition) is 3. The summed E-state index contributed by atoms with van der Waals surface area (Å²) in [4.78, 5) is 12.4. The number of aldehydes is 1. The zero-order valence-corrected chi connectivity index (χ0v) is 7.88. The van der Waals surface area contributed by atoms with E-state index in [4.69, 9.17) is 4.74 Å². The van der Waals surface area contributed by atoms with Crippen LogP contribution >= 0.6 is 0 Å². The predicted octanol–water partition coefficient (Wildman–Crippen LogP) is 0.686. The number of likely N-dealkylation sites (tertiary alicyclic amines) is 1. The number of nitrogens with zero attached hydrogens (tertiary/aromatic N) is 1. The number of ether oxygens (including phenoxy) is 1. The fraction of sp³-hybridized carbons (Fsp3) is 0.889. The Hall–Kier alpha value is -0.410. The molecule has 0 aromatic heterocycles. The first-order chi connectivity index (χ1) is 5.70. The summed E-state index contributed by atoms with van der Waals surface area (Å²) in [6.45, 7) is 4.65. The zero-order valence-electron chi connectivity index (χ0n) is 7.88. The summed E-state index contributed by atoms with van der Waals surface area (Å²) in [7, 11) is 1.76. The van der Waals surface area contributed by atoms with E-state index in [2.05, 4.69) is 11.8 Å². The van der Waals surface area contributed by atoms with Gasteiger partial charge in [-0.3, -0.25) is 4.90 Å². The smallest absolute Gasteiger partial charge is 0.133 e. The Labute approximate surface area is 73.7 Å². The molecule has 0 spiro atoms. The molecule has 1 fully saturated rings. The van der Waals surface area contributed by atoms with Gasteiger partial charge in [0.1, 0.15) is 6.29 Å². The van der Waals surface area contributed by atoms with Gasteiger partial charge >= 0.3 is 0 Å². The monoisotopic (exact) mass is 171 g/mol. The normalized spacial score (nSPS) is 23.8. The van der Waals surface area contributed by atoms with Crippen LogP contribution < -0.4 is 0 Å². The molecule has 0 radical (unpaired) electrons. The van der Waals surface area contributed by atoms with Crippen molar-refractivity contribution in [1.82, 2.24) is 4.90 Å². The van der Waals surface area contributed by atoms with Gasteiger partial charge in [0.15, 0.2) is 0 Å². The van der Waals surface area contributed by atoms with E-state index in [0.717, 1.165) is 32.2 Å². The molecule has 12 heavy (non-hydrogen) atoms. The molecule has 0 aromatic carbocycles. The van der Waals surface area contributed by atoms with Crippen LogP contribution in [0.25, 0.3) is 0 Å². The van der Waals surface area contributed by atoms with E-state index in [9.17, 15) is 4.79 Å². The Kier molecular flexibility index (Phi) is 3.23. The minimum atomic E-state index is 0.0411. The van der Waals surface area contributed by atoms with Gasteiger partial charge in [0.2, 0.25) is 0 Å². The lowest BCUT2D eigenvalue weighted by Crippen LogP contribution is -2.44. The molecule has 0 unspecified atom stereocenters. The fourth-order valence-electron chi connectivity index (χ4n) is 1.52. The Morgan fingerprint density at radius 3 is 2.50 bits per heavy atom. The maximum Gasteiger partial charge on any atom is 0.133 e. The van der Waals surface area contributed by atoms with Gasteiger partial charge in [0, 0.05) is 20.2 Å². The molecule has 1 aliphatic rings. The van der Waals surface area contributed by atoms with Gasteiger partial charge in [0.05, 0.1) is 12.1 Å². The molecule has 70 valence electrons. The van der Waals surface area contributed by atoms with Crippen LogP contribution in [0, 0.1) is 0 Å². The lowest BCUT2D eigenvalue weighted by molar-refractivity contribution is -0.110. The highest BCUT2D eigenvalue weighted by atomic mass is 16.5. The average molecular weight is 171 g/mol. The van der Waals surface area contributed by atoms with Crippen LogP contribution in [0.3, 0.4) is 0 Å². The van der Waals surface area contributed by atoms with E-state index in [0.29, 0.717) is 6.54 Å². The van der Waals surface area contributed by atoms with E-state index in [-0.39, 0.29) is 5.60 Å². The molecule has 1 heterocycles. The molecule has 0 amide bonds. The third kappa shape index (κ3) is 2.29. The summed E-state index contributed by atoms with van der Waals surface area (Å²) in [5, 5.41) is 0. The second-order valence-corrected chi connectivity index (χ2v) is 3.62. The number of carbonyl (C=O) groups is 1. The van der Waals surface area contributed by atoms with Gasteiger partial charge in [-0.05, 0) is 19.8 Å². The molecule has 0 bridgehead atoms. The average Bonchev–Trinajstić information content (AvgIpc) is 2.10. The van der Waals surface area contributed by atoms with E-state index < -0.39 is 0 Å². The van der Waals surface area contributed by atoms with Crippen LogP contribution in [0.4, 0.5) is 0 Å². The van der Waals surface area contributed by atoms with Crippen molar-refractivity contribution >= 4 is 6.29 Å². The largest absolute Gasteiger partial charge is 0.378 e. The van der Waals surface area contributed by atoms with Crippen LogP contribution in [0.2, 0.25) is 0 Å². The van der Waals surface area contributed by atoms with Crippen molar-refractivity contribution < 1.29 is 9.53 Å². The van der Waals surface area contributed by atoms with Crippen LogP contribution in [-0.2, 0) is 9.53 Å². The van der Waals surface area contributed by atoms with Crippen molar-refractivity contribution in [3.8, 4) is 0 Å². The summed E-state index contributed by atoms with van der Waals surface area (Å²) in [6, 6.07) is 0. The number of piperidine rings is 1. The molecule has 1 aliphatic heterocycles. The van der Waals surface area contributed by atoms with Gasteiger partial charge in [-0.25, -0.2) is 0 Å². The quantitative estimate of drug-likeness (QED) is 0.585. The van der Waals surface area contributed by atoms with Crippen molar-refractivity contribution in [1.29, 1.82) is 0 Å². The minimum Gasteiger partial charge on any atom is -0.378 e. The van der Waals surface area contributed by atoms with E-state index in [1.807, 2.05) is 0 Å². The van der Waals surface area contributed by atoms with Gasteiger partial charge < -0.3 is 9.53 Å². The Morgan fingerprint density at radius 1 is 1.50 bits per heavy atom. The van der Waals surface area contributed by atoms with Crippen LogP contribution in [0.5, 0.6) is 0 Å². The van der Waals surface area contributed by atoms with Crippen molar-refractivity contribution in [3.05, 3.63) is 0 Å². The highest BCUT2D eigenvalue weighted by Gasteiger charge is 2.29. The van der Waals surface area contributed by atoms with E-state index in [1.54, 1.807) is 7.11 Å². The Balaban J connectivity index is 2.33.